The Labute approximate surface area is 117 Å². The van der Waals surface area contributed by atoms with E-state index in [1.807, 2.05) is 6.92 Å². The van der Waals surface area contributed by atoms with Crippen LogP contribution in [-0.4, -0.2) is 7.11 Å². The summed E-state index contributed by atoms with van der Waals surface area (Å²) in [4.78, 5) is 0. The van der Waals surface area contributed by atoms with Crippen molar-refractivity contribution in [2.45, 2.75) is 19.9 Å². The van der Waals surface area contributed by atoms with Crippen LogP contribution in [0.3, 0.4) is 0 Å². The predicted molar refractivity (Wildman–Crippen MR) is 76.1 cm³/mol. The molecule has 0 saturated carbocycles. The molecule has 0 spiro atoms. The molecule has 2 aromatic carbocycles. The van der Waals surface area contributed by atoms with Crippen LogP contribution in [0.1, 0.15) is 24.1 Å². The molecule has 0 saturated heterocycles. The number of hydrogen-bond acceptors (Lipinski definition) is 2. The molecule has 0 aliphatic carbocycles. The van der Waals surface area contributed by atoms with Crippen molar-refractivity contribution in [3.8, 4) is 5.75 Å². The number of ether oxygens (including phenoxy) is 1. The molecule has 0 bridgehead atoms. The van der Waals surface area contributed by atoms with Crippen LogP contribution in [-0.2, 0) is 0 Å². The fourth-order valence-electron chi connectivity index (χ4n) is 2.05. The average Bonchev–Trinajstić information content (AvgIpc) is 2.42. The number of nitrogens with one attached hydrogen (secondary N) is 1. The van der Waals surface area contributed by atoms with E-state index >= 15 is 0 Å². The molecule has 20 heavy (non-hydrogen) atoms. The summed E-state index contributed by atoms with van der Waals surface area (Å²) >= 11 is 0. The lowest BCUT2D eigenvalue weighted by atomic mass is 10.1. The van der Waals surface area contributed by atoms with Crippen molar-refractivity contribution in [3.63, 3.8) is 0 Å². The number of methoxy groups -OCH3 is 1. The zero-order chi connectivity index (χ0) is 14.7. The maximum Gasteiger partial charge on any atom is 0.146 e. The van der Waals surface area contributed by atoms with Crippen molar-refractivity contribution < 1.29 is 13.5 Å². The standard InChI is InChI=1S/C16H17F2NO/c1-10-4-7-14(17)16(8-10)19-11(2)13-6-5-12(20-3)9-15(13)18/h4-9,11,19H,1-3H3. The maximum absolute atomic E-state index is 14.0. The first-order valence-corrected chi connectivity index (χ1v) is 6.37. The normalized spacial score (nSPS) is 12.1. The number of hydrogen-bond donors (Lipinski definition) is 1. The van der Waals surface area contributed by atoms with Gasteiger partial charge < -0.3 is 10.1 Å². The number of aryl methyl sites for hydroxylation is 1. The van der Waals surface area contributed by atoms with Crippen LogP contribution in [0.4, 0.5) is 14.5 Å². The fourth-order valence-corrected chi connectivity index (χ4v) is 2.05. The molecule has 0 aliphatic rings. The van der Waals surface area contributed by atoms with Gasteiger partial charge in [-0.05, 0) is 37.6 Å². The van der Waals surface area contributed by atoms with Crippen molar-refractivity contribution >= 4 is 5.69 Å². The molecule has 2 aromatic rings. The molecule has 0 heterocycles. The van der Waals surface area contributed by atoms with Gasteiger partial charge in [0.2, 0.25) is 0 Å². The topological polar surface area (TPSA) is 21.3 Å². The molecule has 2 rings (SSSR count). The summed E-state index contributed by atoms with van der Waals surface area (Å²) in [5, 5.41) is 2.99. The molecule has 0 amide bonds. The minimum absolute atomic E-state index is 0.350. The van der Waals surface area contributed by atoms with Crippen molar-refractivity contribution in [1.29, 1.82) is 0 Å². The summed E-state index contributed by atoms with van der Waals surface area (Å²) in [6.07, 6.45) is 0. The molecule has 0 fully saturated rings. The minimum atomic E-state index is -0.377. The number of halogens is 2. The van der Waals surface area contributed by atoms with Gasteiger partial charge in [-0.2, -0.15) is 0 Å². The van der Waals surface area contributed by atoms with E-state index in [4.69, 9.17) is 4.74 Å². The van der Waals surface area contributed by atoms with E-state index in [0.29, 0.717) is 17.0 Å². The summed E-state index contributed by atoms with van der Waals surface area (Å²) in [6.45, 7) is 3.66. The molecule has 1 unspecified atom stereocenters. The molecule has 2 nitrogen and oxygen atoms in total. The van der Waals surface area contributed by atoms with E-state index in [1.54, 1.807) is 31.2 Å². The van der Waals surface area contributed by atoms with Crippen molar-refractivity contribution in [1.82, 2.24) is 0 Å². The zero-order valence-electron chi connectivity index (χ0n) is 11.7. The molecule has 4 heteroatoms. The molecule has 0 radical (unpaired) electrons. The van der Waals surface area contributed by atoms with Crippen LogP contribution in [0.2, 0.25) is 0 Å². The highest BCUT2D eigenvalue weighted by Crippen LogP contribution is 2.26. The van der Waals surface area contributed by atoms with Gasteiger partial charge in [0.05, 0.1) is 18.8 Å². The maximum atomic E-state index is 14.0. The third-order valence-corrected chi connectivity index (χ3v) is 3.17. The Hall–Kier alpha value is -2.10. The molecule has 0 aliphatic heterocycles. The first-order chi connectivity index (χ1) is 9.51. The molecule has 1 atom stereocenters. The Morgan fingerprint density at radius 1 is 1.05 bits per heavy atom. The van der Waals surface area contributed by atoms with Crippen LogP contribution < -0.4 is 10.1 Å². The zero-order valence-corrected chi connectivity index (χ0v) is 11.7. The quantitative estimate of drug-likeness (QED) is 0.891. The highest BCUT2D eigenvalue weighted by molar-refractivity contribution is 5.49. The van der Waals surface area contributed by atoms with E-state index in [1.165, 1.54) is 19.2 Å². The number of rotatable bonds is 4. The van der Waals surface area contributed by atoms with E-state index in [0.717, 1.165) is 5.56 Å². The average molecular weight is 277 g/mol. The molecule has 106 valence electrons. The second kappa shape index (κ2) is 5.90. The van der Waals surface area contributed by atoms with Gasteiger partial charge >= 0.3 is 0 Å². The number of benzene rings is 2. The van der Waals surface area contributed by atoms with Gasteiger partial charge in [0.25, 0.3) is 0 Å². The second-order valence-electron chi connectivity index (χ2n) is 4.74. The molecular weight excluding hydrogens is 260 g/mol. The van der Waals surface area contributed by atoms with Crippen LogP contribution >= 0.6 is 0 Å². The van der Waals surface area contributed by atoms with Gasteiger partial charge in [0.1, 0.15) is 17.4 Å². The molecule has 1 N–H and O–H groups in total. The lowest BCUT2D eigenvalue weighted by molar-refractivity contribution is 0.410. The second-order valence-corrected chi connectivity index (χ2v) is 4.74. The third kappa shape index (κ3) is 3.07. The van der Waals surface area contributed by atoms with E-state index in [9.17, 15) is 8.78 Å². The summed E-state index contributed by atoms with van der Waals surface area (Å²) < 4.78 is 32.6. The third-order valence-electron chi connectivity index (χ3n) is 3.17. The van der Waals surface area contributed by atoms with Gasteiger partial charge in [-0.25, -0.2) is 8.78 Å². The van der Waals surface area contributed by atoms with Gasteiger partial charge in [-0.1, -0.05) is 12.1 Å². The van der Waals surface area contributed by atoms with Crippen molar-refractivity contribution in [2.24, 2.45) is 0 Å². The van der Waals surface area contributed by atoms with Crippen LogP contribution in [0, 0.1) is 18.6 Å². The Balaban J connectivity index is 2.23. The summed E-state index contributed by atoms with van der Waals surface area (Å²) in [5.41, 5.74) is 1.77. The van der Waals surface area contributed by atoms with Crippen molar-refractivity contribution in [2.75, 3.05) is 12.4 Å². The van der Waals surface area contributed by atoms with Gasteiger partial charge in [-0.15, -0.1) is 0 Å². The van der Waals surface area contributed by atoms with Gasteiger partial charge in [0.15, 0.2) is 0 Å². The Morgan fingerprint density at radius 2 is 1.80 bits per heavy atom. The largest absolute Gasteiger partial charge is 0.497 e. The molecular formula is C16H17F2NO. The van der Waals surface area contributed by atoms with E-state index < -0.39 is 0 Å². The van der Waals surface area contributed by atoms with Crippen LogP contribution in [0.5, 0.6) is 5.75 Å². The van der Waals surface area contributed by atoms with E-state index in [2.05, 4.69) is 5.32 Å². The summed E-state index contributed by atoms with van der Waals surface area (Å²) in [7, 11) is 1.48. The SMILES string of the molecule is COc1ccc(C(C)Nc2cc(C)ccc2F)c(F)c1. The number of anilines is 1. The fraction of sp³-hybridized carbons (Fsp3) is 0.250. The van der Waals surface area contributed by atoms with Crippen LogP contribution in [0.15, 0.2) is 36.4 Å². The minimum Gasteiger partial charge on any atom is -0.497 e. The summed E-state index contributed by atoms with van der Waals surface area (Å²) in [6, 6.07) is 9.08. The Kier molecular flexibility index (Phi) is 4.23. The molecule has 0 aromatic heterocycles. The highest BCUT2D eigenvalue weighted by atomic mass is 19.1. The first kappa shape index (κ1) is 14.3. The van der Waals surface area contributed by atoms with Gasteiger partial charge in [-0.3, -0.25) is 0 Å². The van der Waals surface area contributed by atoms with Crippen LogP contribution in [0.25, 0.3) is 0 Å². The summed E-state index contributed by atoms with van der Waals surface area (Å²) in [5.74, 6) is -0.269. The van der Waals surface area contributed by atoms with E-state index in [-0.39, 0.29) is 17.7 Å². The predicted octanol–water partition coefficient (Wildman–Crippen LogP) is 4.45. The lowest BCUT2D eigenvalue weighted by Gasteiger charge is -2.17. The smallest absolute Gasteiger partial charge is 0.146 e. The van der Waals surface area contributed by atoms with Gasteiger partial charge in [0, 0.05) is 11.6 Å². The lowest BCUT2D eigenvalue weighted by Crippen LogP contribution is -2.10. The Morgan fingerprint density at radius 3 is 2.45 bits per heavy atom. The monoisotopic (exact) mass is 277 g/mol. The highest BCUT2D eigenvalue weighted by Gasteiger charge is 2.13. The Bertz CT molecular complexity index is 613. The van der Waals surface area contributed by atoms with Crippen molar-refractivity contribution in [3.05, 3.63) is 59.2 Å². The first-order valence-electron chi connectivity index (χ1n) is 6.37.